The van der Waals surface area contributed by atoms with E-state index in [1.54, 1.807) is 7.11 Å². The predicted octanol–water partition coefficient (Wildman–Crippen LogP) is 2.48. The van der Waals surface area contributed by atoms with E-state index in [-0.39, 0.29) is 5.91 Å². The Kier molecular flexibility index (Phi) is 4.78. The van der Waals surface area contributed by atoms with E-state index in [1.165, 1.54) is 0 Å². The third-order valence-corrected chi connectivity index (χ3v) is 3.93. The van der Waals surface area contributed by atoms with Gasteiger partial charge in [-0.05, 0) is 36.4 Å². The molecule has 2 N–H and O–H groups in total. The molecule has 2 aromatic carbocycles. The lowest BCUT2D eigenvalue weighted by molar-refractivity contribution is 0.0737. The van der Waals surface area contributed by atoms with Crippen molar-refractivity contribution in [3.05, 3.63) is 54.1 Å². The molecule has 0 bridgehead atoms. The Hall–Kier alpha value is -2.53. The Balaban J connectivity index is 1.80. The Labute approximate surface area is 136 Å². The molecule has 1 fully saturated rings. The van der Waals surface area contributed by atoms with Crippen LogP contribution in [0.15, 0.2) is 48.5 Å². The molecule has 0 aromatic heterocycles. The minimum atomic E-state index is 0.0723. The number of carbonyl (C=O) groups is 1. The lowest BCUT2D eigenvalue weighted by Gasteiger charge is -2.28. The van der Waals surface area contributed by atoms with E-state index in [2.05, 4.69) is 10.6 Å². The van der Waals surface area contributed by atoms with E-state index in [9.17, 15) is 4.79 Å². The molecule has 23 heavy (non-hydrogen) atoms. The van der Waals surface area contributed by atoms with Crippen LogP contribution in [-0.2, 0) is 0 Å². The molecule has 5 nitrogen and oxygen atoms in total. The van der Waals surface area contributed by atoms with Crippen molar-refractivity contribution < 1.29 is 9.53 Å². The van der Waals surface area contributed by atoms with Crippen molar-refractivity contribution in [1.29, 1.82) is 0 Å². The van der Waals surface area contributed by atoms with Crippen LogP contribution >= 0.6 is 0 Å². The highest BCUT2D eigenvalue weighted by Crippen LogP contribution is 2.24. The number of carbonyl (C=O) groups excluding carboxylic acids is 1. The minimum absolute atomic E-state index is 0.0723. The number of rotatable bonds is 4. The SMILES string of the molecule is COc1ccc(Nc2ccccc2C(=O)N2CCNCC2)cc1. The Bertz CT molecular complexity index is 664. The number of benzene rings is 2. The molecule has 2 aromatic rings. The summed E-state index contributed by atoms with van der Waals surface area (Å²) in [7, 11) is 1.64. The number of ether oxygens (including phenoxy) is 1. The van der Waals surface area contributed by atoms with Gasteiger partial charge in [0.25, 0.3) is 5.91 Å². The average molecular weight is 311 g/mol. The van der Waals surface area contributed by atoms with Crippen LogP contribution in [-0.4, -0.2) is 44.1 Å². The summed E-state index contributed by atoms with van der Waals surface area (Å²) in [5, 5.41) is 6.59. The van der Waals surface area contributed by atoms with Gasteiger partial charge in [0.2, 0.25) is 0 Å². The number of hydrogen-bond acceptors (Lipinski definition) is 4. The molecule has 3 rings (SSSR count). The van der Waals surface area contributed by atoms with Crippen LogP contribution in [0.5, 0.6) is 5.75 Å². The average Bonchev–Trinajstić information content (AvgIpc) is 2.63. The number of para-hydroxylation sites is 1. The molecule has 0 aliphatic carbocycles. The van der Waals surface area contributed by atoms with Gasteiger partial charge in [-0.2, -0.15) is 0 Å². The summed E-state index contributed by atoms with van der Waals surface area (Å²) in [6.07, 6.45) is 0. The Morgan fingerprint density at radius 2 is 1.78 bits per heavy atom. The first-order chi connectivity index (χ1) is 11.3. The first-order valence-corrected chi connectivity index (χ1v) is 7.78. The van der Waals surface area contributed by atoms with E-state index in [0.717, 1.165) is 43.3 Å². The van der Waals surface area contributed by atoms with Crippen LogP contribution in [0.3, 0.4) is 0 Å². The smallest absolute Gasteiger partial charge is 0.256 e. The molecular weight excluding hydrogens is 290 g/mol. The topological polar surface area (TPSA) is 53.6 Å². The number of hydrogen-bond donors (Lipinski definition) is 2. The molecule has 1 amide bonds. The lowest BCUT2D eigenvalue weighted by atomic mass is 10.1. The third kappa shape index (κ3) is 3.63. The maximum absolute atomic E-state index is 12.7. The largest absolute Gasteiger partial charge is 0.497 e. The molecule has 0 saturated carbocycles. The standard InChI is InChI=1S/C18H21N3O2/c1-23-15-8-6-14(7-9-15)20-17-5-3-2-4-16(17)18(22)21-12-10-19-11-13-21/h2-9,19-20H,10-13H2,1H3. The summed E-state index contributed by atoms with van der Waals surface area (Å²) >= 11 is 0. The highest BCUT2D eigenvalue weighted by Gasteiger charge is 2.20. The first kappa shape index (κ1) is 15.4. The van der Waals surface area contributed by atoms with Gasteiger partial charge in [0, 0.05) is 31.9 Å². The van der Waals surface area contributed by atoms with Gasteiger partial charge >= 0.3 is 0 Å². The van der Waals surface area contributed by atoms with Crippen LogP contribution in [0.25, 0.3) is 0 Å². The van der Waals surface area contributed by atoms with Gasteiger partial charge in [-0.1, -0.05) is 12.1 Å². The molecule has 0 radical (unpaired) electrons. The minimum Gasteiger partial charge on any atom is -0.497 e. The van der Waals surface area contributed by atoms with E-state index >= 15 is 0 Å². The summed E-state index contributed by atoms with van der Waals surface area (Å²) in [6, 6.07) is 15.3. The van der Waals surface area contributed by atoms with Crippen LogP contribution in [0.1, 0.15) is 10.4 Å². The van der Waals surface area contributed by atoms with Gasteiger partial charge < -0.3 is 20.3 Å². The van der Waals surface area contributed by atoms with Crippen LogP contribution in [0.2, 0.25) is 0 Å². The maximum Gasteiger partial charge on any atom is 0.256 e. The van der Waals surface area contributed by atoms with Gasteiger partial charge in [-0.3, -0.25) is 4.79 Å². The molecule has 1 aliphatic heterocycles. The van der Waals surface area contributed by atoms with Crippen LogP contribution in [0.4, 0.5) is 11.4 Å². The first-order valence-electron chi connectivity index (χ1n) is 7.78. The highest BCUT2D eigenvalue weighted by molar-refractivity contribution is 6.00. The fraction of sp³-hybridized carbons (Fsp3) is 0.278. The molecular formula is C18H21N3O2. The van der Waals surface area contributed by atoms with Crippen LogP contribution < -0.4 is 15.4 Å². The van der Waals surface area contributed by atoms with E-state index in [4.69, 9.17) is 4.74 Å². The van der Waals surface area contributed by atoms with E-state index in [1.807, 2.05) is 53.4 Å². The maximum atomic E-state index is 12.7. The number of nitrogens with one attached hydrogen (secondary N) is 2. The number of methoxy groups -OCH3 is 1. The highest BCUT2D eigenvalue weighted by atomic mass is 16.5. The van der Waals surface area contributed by atoms with Gasteiger partial charge in [0.1, 0.15) is 5.75 Å². The second kappa shape index (κ2) is 7.15. The molecule has 0 unspecified atom stereocenters. The van der Waals surface area contributed by atoms with Gasteiger partial charge in [-0.15, -0.1) is 0 Å². The third-order valence-electron chi connectivity index (χ3n) is 3.93. The van der Waals surface area contributed by atoms with E-state index < -0.39 is 0 Å². The van der Waals surface area contributed by atoms with E-state index in [0.29, 0.717) is 5.56 Å². The molecule has 1 heterocycles. The predicted molar refractivity (Wildman–Crippen MR) is 91.5 cm³/mol. The Morgan fingerprint density at radius 3 is 2.48 bits per heavy atom. The second-order valence-corrected chi connectivity index (χ2v) is 5.44. The number of nitrogens with zero attached hydrogens (tertiary/aromatic N) is 1. The molecule has 5 heteroatoms. The summed E-state index contributed by atoms with van der Waals surface area (Å²) in [5.41, 5.74) is 2.44. The van der Waals surface area contributed by atoms with Crippen molar-refractivity contribution in [3.63, 3.8) is 0 Å². The zero-order chi connectivity index (χ0) is 16.1. The van der Waals surface area contributed by atoms with Gasteiger partial charge in [0.05, 0.1) is 18.4 Å². The van der Waals surface area contributed by atoms with Crippen molar-refractivity contribution in [3.8, 4) is 5.75 Å². The molecule has 0 spiro atoms. The number of anilines is 2. The summed E-state index contributed by atoms with van der Waals surface area (Å²) in [6.45, 7) is 3.19. The zero-order valence-electron chi connectivity index (χ0n) is 13.2. The lowest BCUT2D eigenvalue weighted by Crippen LogP contribution is -2.46. The fourth-order valence-electron chi connectivity index (χ4n) is 2.65. The van der Waals surface area contributed by atoms with Crippen molar-refractivity contribution in [1.82, 2.24) is 10.2 Å². The summed E-state index contributed by atoms with van der Waals surface area (Å²) in [5.74, 6) is 0.879. The quantitative estimate of drug-likeness (QED) is 0.911. The summed E-state index contributed by atoms with van der Waals surface area (Å²) < 4.78 is 5.17. The molecule has 1 aliphatic rings. The normalized spacial score (nSPS) is 14.4. The van der Waals surface area contributed by atoms with Crippen molar-refractivity contribution >= 4 is 17.3 Å². The van der Waals surface area contributed by atoms with Crippen molar-refractivity contribution in [2.75, 3.05) is 38.6 Å². The second-order valence-electron chi connectivity index (χ2n) is 5.44. The monoisotopic (exact) mass is 311 g/mol. The van der Waals surface area contributed by atoms with Crippen molar-refractivity contribution in [2.24, 2.45) is 0 Å². The van der Waals surface area contributed by atoms with Crippen LogP contribution in [0, 0.1) is 0 Å². The molecule has 1 saturated heterocycles. The number of amides is 1. The Morgan fingerprint density at radius 1 is 1.09 bits per heavy atom. The fourth-order valence-corrected chi connectivity index (χ4v) is 2.65. The van der Waals surface area contributed by atoms with Crippen molar-refractivity contribution in [2.45, 2.75) is 0 Å². The molecule has 0 atom stereocenters. The van der Waals surface area contributed by atoms with Gasteiger partial charge in [-0.25, -0.2) is 0 Å². The molecule has 120 valence electrons. The van der Waals surface area contributed by atoms with Gasteiger partial charge in [0.15, 0.2) is 0 Å². The number of piperazine rings is 1. The summed E-state index contributed by atoms with van der Waals surface area (Å²) in [4.78, 5) is 14.6. The zero-order valence-corrected chi connectivity index (χ0v) is 13.2.